The lowest BCUT2D eigenvalue weighted by Crippen LogP contribution is -2.43. The van der Waals surface area contributed by atoms with Gasteiger partial charge in [-0.05, 0) is 24.7 Å². The van der Waals surface area contributed by atoms with Crippen LogP contribution in [0.1, 0.15) is 5.56 Å². The zero-order valence-electron chi connectivity index (χ0n) is 11.3. The fraction of sp³-hybridized carbons (Fsp3) is 0.462. The number of likely N-dealkylation sites (N-methyl/N-ethyl adjacent to an activating group) is 1. The second kappa shape index (κ2) is 7.63. The van der Waals surface area contributed by atoms with Gasteiger partial charge < -0.3 is 10.4 Å². The maximum atomic E-state index is 12.2. The second-order valence-corrected chi connectivity index (χ2v) is 5.10. The molecule has 1 unspecified atom stereocenters. The van der Waals surface area contributed by atoms with Crippen LogP contribution in [0.2, 0.25) is 5.02 Å². The van der Waals surface area contributed by atoms with E-state index in [1.165, 1.54) is 7.05 Å². The van der Waals surface area contributed by atoms with Gasteiger partial charge in [0.15, 0.2) is 6.10 Å². The average molecular weight is 325 g/mol. The van der Waals surface area contributed by atoms with Crippen molar-refractivity contribution in [3.63, 3.8) is 0 Å². The van der Waals surface area contributed by atoms with Crippen molar-refractivity contribution >= 4 is 17.5 Å². The van der Waals surface area contributed by atoms with Crippen LogP contribution in [-0.4, -0.2) is 48.3 Å². The van der Waals surface area contributed by atoms with Crippen LogP contribution in [0, 0.1) is 0 Å². The van der Waals surface area contributed by atoms with Gasteiger partial charge in [0.2, 0.25) is 5.91 Å². The summed E-state index contributed by atoms with van der Waals surface area (Å²) in [6.07, 6.45) is -7.16. The van der Waals surface area contributed by atoms with Crippen molar-refractivity contribution in [3.8, 4) is 0 Å². The van der Waals surface area contributed by atoms with E-state index < -0.39 is 24.7 Å². The van der Waals surface area contributed by atoms with E-state index in [0.717, 1.165) is 10.5 Å². The summed E-state index contributed by atoms with van der Waals surface area (Å²) in [5.41, 5.74) is 0.786. The Morgan fingerprint density at radius 1 is 1.48 bits per heavy atom. The number of amides is 1. The van der Waals surface area contributed by atoms with Crippen molar-refractivity contribution in [3.05, 3.63) is 34.9 Å². The number of carbonyl (C=O) groups is 1. The first-order chi connectivity index (χ1) is 9.68. The van der Waals surface area contributed by atoms with Crippen molar-refractivity contribution in [2.45, 2.75) is 18.8 Å². The van der Waals surface area contributed by atoms with Gasteiger partial charge in [-0.1, -0.05) is 23.7 Å². The number of hydrogen-bond acceptors (Lipinski definition) is 3. The molecule has 0 aliphatic carbocycles. The highest BCUT2D eigenvalue weighted by molar-refractivity contribution is 6.30. The van der Waals surface area contributed by atoms with E-state index in [4.69, 9.17) is 16.7 Å². The molecule has 118 valence electrons. The second-order valence-electron chi connectivity index (χ2n) is 4.66. The van der Waals surface area contributed by atoms with E-state index in [9.17, 15) is 18.0 Å². The molecule has 0 spiro atoms. The summed E-state index contributed by atoms with van der Waals surface area (Å²) in [4.78, 5) is 12.7. The number of benzene rings is 1. The van der Waals surface area contributed by atoms with Crippen molar-refractivity contribution in [1.82, 2.24) is 10.2 Å². The molecule has 1 aromatic carbocycles. The molecule has 0 saturated carbocycles. The summed E-state index contributed by atoms with van der Waals surface area (Å²) in [5.74, 6) is -0.438. The zero-order valence-corrected chi connectivity index (χ0v) is 12.1. The molecule has 1 aromatic rings. The number of carbonyl (C=O) groups excluding carboxylic acids is 1. The minimum atomic E-state index is -4.69. The Bertz CT molecular complexity index is 483. The van der Waals surface area contributed by atoms with Crippen LogP contribution in [-0.2, 0) is 11.3 Å². The van der Waals surface area contributed by atoms with E-state index in [2.05, 4.69) is 5.32 Å². The molecule has 0 bridgehead atoms. The summed E-state index contributed by atoms with van der Waals surface area (Å²) in [5, 5.41) is 12.0. The van der Waals surface area contributed by atoms with Crippen LogP contribution in [0.5, 0.6) is 0 Å². The van der Waals surface area contributed by atoms with Crippen LogP contribution < -0.4 is 5.32 Å². The molecule has 0 aromatic heterocycles. The predicted octanol–water partition coefficient (Wildman–Crippen LogP) is 1.81. The third kappa shape index (κ3) is 6.79. The summed E-state index contributed by atoms with van der Waals surface area (Å²) < 4.78 is 36.5. The van der Waals surface area contributed by atoms with E-state index >= 15 is 0 Å². The molecule has 21 heavy (non-hydrogen) atoms. The highest BCUT2D eigenvalue weighted by atomic mass is 35.5. The van der Waals surface area contributed by atoms with Crippen LogP contribution in [0.4, 0.5) is 13.2 Å². The monoisotopic (exact) mass is 324 g/mol. The zero-order chi connectivity index (χ0) is 16.0. The van der Waals surface area contributed by atoms with Crippen LogP contribution in [0.15, 0.2) is 24.3 Å². The van der Waals surface area contributed by atoms with E-state index in [1.807, 2.05) is 0 Å². The summed E-state index contributed by atoms with van der Waals surface area (Å²) in [7, 11) is 1.33. The smallest absolute Gasteiger partial charge is 0.382 e. The highest BCUT2D eigenvalue weighted by Crippen LogP contribution is 2.20. The standard InChI is InChI=1S/C13H16ClF3N2O2/c1-19(7-11(20)13(15,16)17)8-12(21)18-6-9-3-2-4-10(14)5-9/h2-5,11,20H,6-8H2,1H3,(H,18,21). The Hall–Kier alpha value is -1.31. The van der Waals surface area contributed by atoms with Crippen molar-refractivity contribution < 1.29 is 23.1 Å². The molecule has 1 amide bonds. The third-order valence-electron chi connectivity index (χ3n) is 2.65. The number of rotatable bonds is 6. The van der Waals surface area contributed by atoms with Crippen molar-refractivity contribution in [1.29, 1.82) is 0 Å². The first-order valence-corrected chi connectivity index (χ1v) is 6.50. The molecular formula is C13H16ClF3N2O2. The number of aliphatic hydroxyl groups is 1. The minimum Gasteiger partial charge on any atom is -0.382 e. The quantitative estimate of drug-likeness (QED) is 0.839. The number of halogens is 4. The number of nitrogens with zero attached hydrogens (tertiary/aromatic N) is 1. The molecule has 0 saturated heterocycles. The van der Waals surface area contributed by atoms with Gasteiger partial charge in [0, 0.05) is 18.1 Å². The molecule has 8 heteroatoms. The van der Waals surface area contributed by atoms with Gasteiger partial charge in [0.25, 0.3) is 0 Å². The summed E-state index contributed by atoms with van der Waals surface area (Å²) in [6.45, 7) is -0.670. The number of aliphatic hydroxyl groups excluding tert-OH is 1. The Labute approximate surface area is 125 Å². The largest absolute Gasteiger partial charge is 0.415 e. The number of hydrogen-bond donors (Lipinski definition) is 2. The fourth-order valence-corrected chi connectivity index (χ4v) is 1.82. The van der Waals surface area contributed by atoms with Gasteiger partial charge in [0.05, 0.1) is 6.54 Å². The van der Waals surface area contributed by atoms with Crippen molar-refractivity contribution in [2.24, 2.45) is 0 Å². The van der Waals surface area contributed by atoms with Gasteiger partial charge in [-0.3, -0.25) is 9.69 Å². The Morgan fingerprint density at radius 3 is 2.71 bits per heavy atom. The molecule has 0 radical (unpaired) electrons. The van der Waals surface area contributed by atoms with Gasteiger partial charge in [-0.25, -0.2) is 0 Å². The van der Waals surface area contributed by atoms with Crippen LogP contribution in [0.3, 0.4) is 0 Å². The van der Waals surface area contributed by atoms with Gasteiger partial charge in [-0.2, -0.15) is 13.2 Å². The Kier molecular flexibility index (Phi) is 6.44. The lowest BCUT2D eigenvalue weighted by molar-refractivity contribution is -0.207. The normalized spacial score (nSPS) is 13.3. The first-order valence-electron chi connectivity index (χ1n) is 6.13. The van der Waals surface area contributed by atoms with Crippen LogP contribution >= 0.6 is 11.6 Å². The number of nitrogens with one attached hydrogen (secondary N) is 1. The molecule has 0 aliphatic heterocycles. The number of alkyl halides is 3. The van der Waals surface area contributed by atoms with Crippen LogP contribution in [0.25, 0.3) is 0 Å². The van der Waals surface area contributed by atoms with Gasteiger partial charge in [-0.15, -0.1) is 0 Å². The maximum absolute atomic E-state index is 12.2. The molecule has 0 aliphatic rings. The van der Waals surface area contributed by atoms with Gasteiger partial charge >= 0.3 is 6.18 Å². The van der Waals surface area contributed by atoms with Crippen molar-refractivity contribution in [2.75, 3.05) is 20.1 Å². The molecular weight excluding hydrogens is 309 g/mol. The molecule has 0 heterocycles. The average Bonchev–Trinajstić information content (AvgIpc) is 2.35. The lowest BCUT2D eigenvalue weighted by atomic mass is 10.2. The Balaban J connectivity index is 2.36. The summed E-state index contributed by atoms with van der Waals surface area (Å²) >= 11 is 5.79. The lowest BCUT2D eigenvalue weighted by Gasteiger charge is -2.21. The molecule has 4 nitrogen and oxygen atoms in total. The molecule has 1 rings (SSSR count). The molecule has 0 fully saturated rings. The van der Waals surface area contributed by atoms with E-state index in [1.54, 1.807) is 24.3 Å². The fourth-order valence-electron chi connectivity index (χ4n) is 1.61. The highest BCUT2D eigenvalue weighted by Gasteiger charge is 2.38. The topological polar surface area (TPSA) is 52.6 Å². The van der Waals surface area contributed by atoms with E-state index in [0.29, 0.717) is 5.02 Å². The first kappa shape index (κ1) is 17.7. The predicted molar refractivity (Wildman–Crippen MR) is 72.9 cm³/mol. The molecule has 1 atom stereocenters. The maximum Gasteiger partial charge on any atom is 0.415 e. The van der Waals surface area contributed by atoms with E-state index in [-0.39, 0.29) is 13.1 Å². The van der Waals surface area contributed by atoms with Gasteiger partial charge in [0.1, 0.15) is 0 Å². The SMILES string of the molecule is CN(CC(=O)NCc1cccc(Cl)c1)CC(O)C(F)(F)F. The Morgan fingerprint density at radius 2 is 2.14 bits per heavy atom. The summed E-state index contributed by atoms with van der Waals surface area (Å²) in [6, 6.07) is 6.87. The minimum absolute atomic E-state index is 0.231. The third-order valence-corrected chi connectivity index (χ3v) is 2.89. The molecule has 2 N–H and O–H groups in total.